The van der Waals surface area contributed by atoms with Crippen LogP contribution in [0.3, 0.4) is 0 Å². The van der Waals surface area contributed by atoms with Gasteiger partial charge in [0.2, 0.25) is 0 Å². The zero-order chi connectivity index (χ0) is 19.0. The van der Waals surface area contributed by atoms with Crippen molar-refractivity contribution in [3.8, 4) is 11.5 Å². The van der Waals surface area contributed by atoms with Gasteiger partial charge in [-0.15, -0.1) is 0 Å². The molecule has 2 aromatic heterocycles. The Morgan fingerprint density at radius 1 is 1.33 bits per heavy atom. The minimum atomic E-state index is 0.0136. The second-order valence-corrected chi connectivity index (χ2v) is 8.43. The maximum atomic E-state index is 13.1. The first-order chi connectivity index (χ1) is 13.0. The lowest BCUT2D eigenvalue weighted by Gasteiger charge is -2.34. The maximum absolute atomic E-state index is 13.1. The number of carbonyl (C=O) groups excluding carboxylic acids is 1. The van der Waals surface area contributed by atoms with E-state index in [2.05, 4.69) is 28.9 Å². The van der Waals surface area contributed by atoms with E-state index in [4.69, 9.17) is 4.42 Å². The number of hydrogen-bond donors (Lipinski definition) is 1. The molecule has 0 bridgehead atoms. The highest BCUT2D eigenvalue weighted by Crippen LogP contribution is 2.32. The van der Waals surface area contributed by atoms with Gasteiger partial charge < -0.3 is 9.32 Å². The lowest BCUT2D eigenvalue weighted by molar-refractivity contribution is 0.0698. The predicted octanol–water partition coefficient (Wildman–Crippen LogP) is 3.56. The Labute approximate surface area is 160 Å². The summed E-state index contributed by atoms with van der Waals surface area (Å²) in [7, 11) is 0. The van der Waals surface area contributed by atoms with E-state index in [0.29, 0.717) is 23.4 Å². The van der Waals surface area contributed by atoms with Crippen LogP contribution in [-0.4, -0.2) is 58.1 Å². The van der Waals surface area contributed by atoms with Crippen LogP contribution in [0.4, 0.5) is 0 Å². The lowest BCUT2D eigenvalue weighted by Crippen LogP contribution is -2.46. The summed E-state index contributed by atoms with van der Waals surface area (Å²) in [6.45, 7) is 10.3. The van der Waals surface area contributed by atoms with E-state index in [9.17, 15) is 4.79 Å². The topological polar surface area (TPSA) is 65.4 Å². The highest BCUT2D eigenvalue weighted by Gasteiger charge is 2.34. The normalized spacial score (nSPS) is 21.6. The molecule has 1 aliphatic heterocycles. The first-order valence-electron chi connectivity index (χ1n) is 10.2. The van der Waals surface area contributed by atoms with Crippen LogP contribution in [0.2, 0.25) is 0 Å². The zero-order valence-electron chi connectivity index (χ0n) is 16.6. The molecule has 6 nitrogen and oxygen atoms in total. The second-order valence-electron chi connectivity index (χ2n) is 8.43. The molecule has 1 amide bonds. The molecule has 6 heteroatoms. The van der Waals surface area contributed by atoms with Gasteiger partial charge in [-0.05, 0) is 50.2 Å². The zero-order valence-corrected chi connectivity index (χ0v) is 16.6. The highest BCUT2D eigenvalue weighted by molar-refractivity contribution is 5.93. The number of nitrogens with zero attached hydrogens (tertiary/aromatic N) is 3. The van der Waals surface area contributed by atoms with Crippen molar-refractivity contribution in [1.82, 2.24) is 20.0 Å². The van der Waals surface area contributed by atoms with Gasteiger partial charge in [-0.3, -0.25) is 14.8 Å². The van der Waals surface area contributed by atoms with Crippen molar-refractivity contribution < 1.29 is 9.21 Å². The molecule has 1 saturated carbocycles. The third-order valence-electron chi connectivity index (χ3n) is 5.80. The first-order valence-corrected chi connectivity index (χ1v) is 10.2. The highest BCUT2D eigenvalue weighted by atomic mass is 16.3. The summed E-state index contributed by atoms with van der Waals surface area (Å²) >= 11 is 0. The number of furan rings is 1. The lowest BCUT2D eigenvalue weighted by atomic mass is 10.0. The summed E-state index contributed by atoms with van der Waals surface area (Å²) < 4.78 is 5.63. The number of rotatable bonds is 5. The number of aromatic nitrogens is 2. The third kappa shape index (κ3) is 4.10. The SMILES string of the molecule is Cc1ccc(-c2cc(C(=O)N3CCCN(CC4CC4)[C@@H](C(C)C)C3)n[nH]2)o1. The molecule has 2 aromatic rings. The number of nitrogens with one attached hydrogen (secondary N) is 1. The molecule has 27 heavy (non-hydrogen) atoms. The summed E-state index contributed by atoms with van der Waals surface area (Å²) in [4.78, 5) is 17.7. The first kappa shape index (κ1) is 18.3. The number of aromatic amines is 1. The third-order valence-corrected chi connectivity index (χ3v) is 5.80. The van der Waals surface area contributed by atoms with Gasteiger partial charge >= 0.3 is 0 Å². The van der Waals surface area contributed by atoms with Crippen LogP contribution < -0.4 is 0 Å². The smallest absolute Gasteiger partial charge is 0.274 e. The summed E-state index contributed by atoms with van der Waals surface area (Å²) in [6.07, 6.45) is 3.76. The van der Waals surface area contributed by atoms with Crippen LogP contribution in [0.1, 0.15) is 49.4 Å². The molecule has 1 aliphatic carbocycles. The Bertz CT molecular complexity index is 790. The Balaban J connectivity index is 1.48. The molecule has 0 spiro atoms. The Kier molecular flexibility index (Phi) is 5.08. The minimum Gasteiger partial charge on any atom is -0.460 e. The minimum absolute atomic E-state index is 0.0136. The van der Waals surface area contributed by atoms with E-state index < -0.39 is 0 Å². The standard InChI is InChI=1S/C21H30N4O2/c1-14(2)19-13-25(10-4-9-24(19)12-16-6-7-16)21(26)18-11-17(22-23-18)20-8-5-15(3)27-20/h5,8,11,14,16,19H,4,6-7,9-10,12-13H2,1-3H3,(H,22,23)/t19-/m1/s1. The summed E-state index contributed by atoms with van der Waals surface area (Å²) in [5.74, 6) is 2.97. The molecule has 2 fully saturated rings. The molecule has 2 aliphatic rings. The van der Waals surface area contributed by atoms with Crippen LogP contribution in [0.5, 0.6) is 0 Å². The fourth-order valence-corrected chi connectivity index (χ4v) is 4.04. The van der Waals surface area contributed by atoms with Crippen molar-refractivity contribution in [2.24, 2.45) is 11.8 Å². The van der Waals surface area contributed by atoms with E-state index >= 15 is 0 Å². The van der Waals surface area contributed by atoms with Crippen molar-refractivity contribution in [2.45, 2.75) is 46.1 Å². The van der Waals surface area contributed by atoms with Crippen molar-refractivity contribution in [1.29, 1.82) is 0 Å². The molecule has 3 heterocycles. The van der Waals surface area contributed by atoms with Crippen molar-refractivity contribution >= 4 is 5.91 Å². The Morgan fingerprint density at radius 3 is 2.81 bits per heavy atom. The van der Waals surface area contributed by atoms with Gasteiger partial charge in [-0.2, -0.15) is 5.10 Å². The average molecular weight is 370 g/mol. The number of H-pyrrole nitrogens is 1. The Morgan fingerprint density at radius 2 is 2.15 bits per heavy atom. The molecule has 0 radical (unpaired) electrons. The number of amides is 1. The van der Waals surface area contributed by atoms with E-state index in [1.165, 1.54) is 19.4 Å². The van der Waals surface area contributed by atoms with Gasteiger partial charge in [0.15, 0.2) is 11.5 Å². The molecule has 0 unspecified atom stereocenters. The van der Waals surface area contributed by atoms with Gasteiger partial charge in [0, 0.05) is 38.3 Å². The van der Waals surface area contributed by atoms with E-state index in [1.54, 1.807) is 6.07 Å². The van der Waals surface area contributed by atoms with Crippen LogP contribution in [0.25, 0.3) is 11.5 Å². The molecule has 1 saturated heterocycles. The fourth-order valence-electron chi connectivity index (χ4n) is 4.04. The van der Waals surface area contributed by atoms with Crippen molar-refractivity contribution in [3.63, 3.8) is 0 Å². The molecular weight excluding hydrogens is 340 g/mol. The molecule has 1 N–H and O–H groups in total. The van der Waals surface area contributed by atoms with E-state index in [-0.39, 0.29) is 5.91 Å². The van der Waals surface area contributed by atoms with Crippen LogP contribution in [0.15, 0.2) is 22.6 Å². The molecule has 1 atom stereocenters. The monoisotopic (exact) mass is 370 g/mol. The van der Waals surface area contributed by atoms with E-state index in [1.807, 2.05) is 24.0 Å². The molecule has 0 aromatic carbocycles. The predicted molar refractivity (Wildman–Crippen MR) is 104 cm³/mol. The van der Waals surface area contributed by atoms with E-state index in [0.717, 1.165) is 43.4 Å². The van der Waals surface area contributed by atoms with Gasteiger partial charge in [-0.25, -0.2) is 0 Å². The number of aryl methyl sites for hydroxylation is 1. The quantitative estimate of drug-likeness (QED) is 0.874. The average Bonchev–Trinajstić information content (AvgIpc) is 3.20. The van der Waals surface area contributed by atoms with Crippen LogP contribution >= 0.6 is 0 Å². The van der Waals surface area contributed by atoms with Gasteiger partial charge in [0.25, 0.3) is 5.91 Å². The van der Waals surface area contributed by atoms with Gasteiger partial charge in [0.05, 0.1) is 0 Å². The summed E-state index contributed by atoms with van der Waals surface area (Å²) in [6, 6.07) is 6.03. The van der Waals surface area contributed by atoms with Gasteiger partial charge in [-0.1, -0.05) is 13.8 Å². The second kappa shape index (κ2) is 7.50. The van der Waals surface area contributed by atoms with Crippen LogP contribution in [-0.2, 0) is 0 Å². The Hall–Kier alpha value is -2.08. The summed E-state index contributed by atoms with van der Waals surface area (Å²) in [5.41, 5.74) is 1.22. The van der Waals surface area contributed by atoms with Crippen molar-refractivity contribution in [3.05, 3.63) is 29.7 Å². The maximum Gasteiger partial charge on any atom is 0.274 e. The van der Waals surface area contributed by atoms with Gasteiger partial charge in [0.1, 0.15) is 11.5 Å². The summed E-state index contributed by atoms with van der Waals surface area (Å²) in [5, 5.41) is 7.21. The van der Waals surface area contributed by atoms with Crippen molar-refractivity contribution in [2.75, 3.05) is 26.2 Å². The molecular formula is C21H30N4O2. The number of carbonyl (C=O) groups is 1. The van der Waals surface area contributed by atoms with Crippen LogP contribution in [0, 0.1) is 18.8 Å². The number of hydrogen-bond acceptors (Lipinski definition) is 4. The largest absolute Gasteiger partial charge is 0.460 e. The molecule has 4 rings (SSSR count). The fraction of sp³-hybridized carbons (Fsp3) is 0.619. The molecule has 146 valence electrons.